The lowest BCUT2D eigenvalue weighted by Gasteiger charge is -2.30. The fourth-order valence-electron chi connectivity index (χ4n) is 2.35. The van der Waals surface area contributed by atoms with Crippen LogP contribution in [0.5, 0.6) is 0 Å². The molecule has 0 fully saturated rings. The van der Waals surface area contributed by atoms with Crippen molar-refractivity contribution >= 4 is 5.69 Å². The molecule has 0 bridgehead atoms. The summed E-state index contributed by atoms with van der Waals surface area (Å²) >= 11 is 0. The minimum Gasteiger partial charge on any atom is -0.374 e. The number of hydrogen-bond donors (Lipinski definition) is 0. The molecule has 0 heterocycles. The van der Waals surface area contributed by atoms with Crippen LogP contribution in [-0.4, -0.2) is 13.6 Å². The highest BCUT2D eigenvalue weighted by molar-refractivity contribution is 5.54. The van der Waals surface area contributed by atoms with E-state index in [1.807, 2.05) is 0 Å². The Morgan fingerprint density at radius 2 is 1.56 bits per heavy atom. The van der Waals surface area contributed by atoms with Gasteiger partial charge in [-0.2, -0.15) is 0 Å². The molecule has 0 atom stereocenters. The Balaban J connectivity index is 2.99. The largest absolute Gasteiger partial charge is 0.374 e. The highest BCUT2D eigenvalue weighted by atomic mass is 15.1. The van der Waals surface area contributed by atoms with Gasteiger partial charge in [0.25, 0.3) is 0 Å². The maximum atomic E-state index is 2.36. The van der Waals surface area contributed by atoms with Crippen LogP contribution in [0.15, 0.2) is 18.2 Å². The van der Waals surface area contributed by atoms with Gasteiger partial charge in [-0.1, -0.05) is 53.7 Å². The molecule has 0 amide bonds. The predicted molar refractivity (Wildman–Crippen MR) is 82.6 cm³/mol. The van der Waals surface area contributed by atoms with E-state index >= 15 is 0 Å². The van der Waals surface area contributed by atoms with Crippen LogP contribution in [-0.2, 0) is 5.41 Å². The first-order chi connectivity index (χ1) is 8.00. The number of anilines is 1. The lowest BCUT2D eigenvalue weighted by atomic mass is 9.86. The second kappa shape index (κ2) is 4.95. The molecule has 0 aliphatic rings. The molecule has 0 saturated heterocycles. The van der Waals surface area contributed by atoms with E-state index in [9.17, 15) is 0 Å². The van der Waals surface area contributed by atoms with Crippen LogP contribution in [0.3, 0.4) is 0 Å². The third kappa shape index (κ3) is 4.04. The van der Waals surface area contributed by atoms with Crippen molar-refractivity contribution < 1.29 is 0 Å². The zero-order valence-corrected chi connectivity index (χ0v) is 13.4. The first-order valence-corrected chi connectivity index (χ1v) is 6.83. The monoisotopic (exact) mass is 247 g/mol. The van der Waals surface area contributed by atoms with Gasteiger partial charge in [0.1, 0.15) is 0 Å². The summed E-state index contributed by atoms with van der Waals surface area (Å²) in [4.78, 5) is 2.36. The Morgan fingerprint density at radius 1 is 1.00 bits per heavy atom. The second-order valence-electron chi connectivity index (χ2n) is 7.67. The van der Waals surface area contributed by atoms with Gasteiger partial charge in [0.15, 0.2) is 0 Å². The molecule has 18 heavy (non-hydrogen) atoms. The number of aryl methyl sites for hydroxylation is 1. The first kappa shape index (κ1) is 15.1. The molecule has 102 valence electrons. The number of nitrogens with zero attached hydrogens (tertiary/aromatic N) is 1. The Morgan fingerprint density at radius 3 is 1.94 bits per heavy atom. The summed E-state index contributed by atoms with van der Waals surface area (Å²) in [6, 6.07) is 6.86. The maximum absolute atomic E-state index is 2.36. The summed E-state index contributed by atoms with van der Waals surface area (Å²) in [5, 5.41) is 0. The lowest BCUT2D eigenvalue weighted by Crippen LogP contribution is -2.29. The minimum atomic E-state index is 0.228. The van der Waals surface area contributed by atoms with Crippen LogP contribution in [0.25, 0.3) is 0 Å². The zero-order chi connectivity index (χ0) is 14.1. The number of benzene rings is 1. The number of hydrogen-bond acceptors (Lipinski definition) is 1. The Hall–Kier alpha value is -0.980. The van der Waals surface area contributed by atoms with Gasteiger partial charge in [-0.15, -0.1) is 0 Å². The van der Waals surface area contributed by atoms with E-state index in [2.05, 4.69) is 78.6 Å². The highest BCUT2D eigenvalue weighted by Gasteiger charge is 2.18. The summed E-state index contributed by atoms with van der Waals surface area (Å²) < 4.78 is 0. The van der Waals surface area contributed by atoms with Gasteiger partial charge in [-0.25, -0.2) is 0 Å². The van der Waals surface area contributed by atoms with E-state index < -0.39 is 0 Å². The topological polar surface area (TPSA) is 3.24 Å². The fraction of sp³-hybridized carbons (Fsp3) is 0.647. The smallest absolute Gasteiger partial charge is 0.0393 e. The molecule has 1 rings (SSSR count). The standard InChI is InChI=1S/C17H29N/c1-13-11-14(17(5,6)7)9-10-15(13)18(8)12-16(2,3)4/h9-11H,12H2,1-8H3. The quantitative estimate of drug-likeness (QED) is 0.727. The molecule has 1 heteroatoms. The van der Waals surface area contributed by atoms with E-state index in [1.165, 1.54) is 16.8 Å². The van der Waals surface area contributed by atoms with Crippen LogP contribution >= 0.6 is 0 Å². The average molecular weight is 247 g/mol. The van der Waals surface area contributed by atoms with Crippen molar-refractivity contribution in [2.45, 2.75) is 53.9 Å². The van der Waals surface area contributed by atoms with E-state index in [-0.39, 0.29) is 5.41 Å². The van der Waals surface area contributed by atoms with Gasteiger partial charge in [-0.05, 0) is 34.9 Å². The van der Waals surface area contributed by atoms with Gasteiger partial charge < -0.3 is 4.90 Å². The molecule has 0 unspecified atom stereocenters. The van der Waals surface area contributed by atoms with Crippen molar-refractivity contribution in [3.8, 4) is 0 Å². The molecule has 1 nitrogen and oxygen atoms in total. The van der Waals surface area contributed by atoms with Crippen molar-refractivity contribution in [3.63, 3.8) is 0 Å². The molecule has 0 spiro atoms. The summed E-state index contributed by atoms with van der Waals surface area (Å²) in [6.45, 7) is 16.9. The van der Waals surface area contributed by atoms with Gasteiger partial charge in [0.2, 0.25) is 0 Å². The van der Waals surface area contributed by atoms with E-state index in [0.717, 1.165) is 6.54 Å². The summed E-state index contributed by atoms with van der Waals surface area (Å²) in [5.41, 5.74) is 4.68. The lowest BCUT2D eigenvalue weighted by molar-refractivity contribution is 0.418. The highest BCUT2D eigenvalue weighted by Crippen LogP contribution is 2.29. The minimum absolute atomic E-state index is 0.228. The predicted octanol–water partition coefficient (Wildman–Crippen LogP) is 4.77. The van der Waals surface area contributed by atoms with Gasteiger partial charge >= 0.3 is 0 Å². The molecule has 0 aliphatic heterocycles. The van der Waals surface area contributed by atoms with E-state index in [4.69, 9.17) is 0 Å². The van der Waals surface area contributed by atoms with Crippen LogP contribution in [0.1, 0.15) is 52.7 Å². The average Bonchev–Trinajstić information content (AvgIpc) is 2.12. The molecular formula is C17H29N. The van der Waals surface area contributed by atoms with E-state index in [0.29, 0.717) is 5.41 Å². The maximum Gasteiger partial charge on any atom is 0.0393 e. The van der Waals surface area contributed by atoms with Crippen molar-refractivity contribution in [2.75, 3.05) is 18.5 Å². The summed E-state index contributed by atoms with van der Waals surface area (Å²) in [7, 11) is 2.18. The van der Waals surface area contributed by atoms with Crippen LogP contribution in [0, 0.1) is 12.3 Å². The summed E-state index contributed by atoms with van der Waals surface area (Å²) in [5.74, 6) is 0. The van der Waals surface area contributed by atoms with Crippen molar-refractivity contribution in [1.29, 1.82) is 0 Å². The molecule has 0 N–H and O–H groups in total. The van der Waals surface area contributed by atoms with Crippen molar-refractivity contribution in [1.82, 2.24) is 0 Å². The third-order valence-electron chi connectivity index (χ3n) is 3.19. The van der Waals surface area contributed by atoms with Crippen LogP contribution < -0.4 is 4.90 Å². The van der Waals surface area contributed by atoms with Crippen LogP contribution in [0.2, 0.25) is 0 Å². The Kier molecular flexibility index (Phi) is 4.15. The molecular weight excluding hydrogens is 218 g/mol. The fourth-order valence-corrected chi connectivity index (χ4v) is 2.35. The van der Waals surface area contributed by atoms with Crippen molar-refractivity contribution in [3.05, 3.63) is 29.3 Å². The van der Waals surface area contributed by atoms with Gasteiger partial charge in [0.05, 0.1) is 0 Å². The normalized spacial score (nSPS) is 12.7. The molecule has 1 aromatic carbocycles. The Labute approximate surface area is 113 Å². The van der Waals surface area contributed by atoms with Crippen molar-refractivity contribution in [2.24, 2.45) is 5.41 Å². The van der Waals surface area contributed by atoms with Crippen LogP contribution in [0.4, 0.5) is 5.69 Å². The van der Waals surface area contributed by atoms with E-state index in [1.54, 1.807) is 0 Å². The molecule has 0 saturated carbocycles. The first-order valence-electron chi connectivity index (χ1n) is 6.83. The SMILES string of the molecule is Cc1cc(C(C)(C)C)ccc1N(C)CC(C)(C)C. The Bertz CT molecular complexity index is 405. The molecule has 0 radical (unpaired) electrons. The second-order valence-corrected chi connectivity index (χ2v) is 7.67. The third-order valence-corrected chi connectivity index (χ3v) is 3.19. The molecule has 0 aliphatic carbocycles. The van der Waals surface area contributed by atoms with Gasteiger partial charge in [-0.3, -0.25) is 0 Å². The van der Waals surface area contributed by atoms with Gasteiger partial charge in [0, 0.05) is 19.3 Å². The molecule has 1 aromatic rings. The summed E-state index contributed by atoms with van der Waals surface area (Å²) in [6.07, 6.45) is 0. The zero-order valence-electron chi connectivity index (χ0n) is 13.4. The molecule has 0 aromatic heterocycles. The number of rotatable bonds is 2.